The van der Waals surface area contributed by atoms with Crippen LogP contribution in [0, 0.1) is 0 Å². The molecule has 1 atom stereocenters. The van der Waals surface area contributed by atoms with E-state index in [1.165, 1.54) is 0 Å². The molecule has 1 N–H and O–H groups in total. The molecule has 1 aliphatic heterocycles. The summed E-state index contributed by atoms with van der Waals surface area (Å²) >= 11 is 4.18. The first kappa shape index (κ1) is 13.3. The average molecular weight is 330 g/mol. The number of likely N-dealkylation sites (N-methyl/N-ethyl adjacent to an activating group) is 1. The topological polar surface area (TPSA) is 21.3 Å². The van der Waals surface area contributed by atoms with Gasteiger partial charge in [-0.3, -0.25) is 0 Å². The van der Waals surface area contributed by atoms with Gasteiger partial charge >= 0.3 is 6.18 Å². The van der Waals surface area contributed by atoms with Gasteiger partial charge < -0.3 is 10.1 Å². The van der Waals surface area contributed by atoms with E-state index in [4.69, 9.17) is 4.74 Å². The molecule has 1 aromatic heterocycles. The smallest absolute Gasteiger partial charge is 0.372 e. The van der Waals surface area contributed by atoms with Gasteiger partial charge in [0.1, 0.15) is 0 Å². The van der Waals surface area contributed by atoms with Crippen molar-refractivity contribution in [1.29, 1.82) is 0 Å². The standard InChI is InChI=1S/C10H11BrF3NOS/c1-15-4-5-7-6(2-3-16-5)17-9(11)8(7)10(12,13)14/h5,15H,2-4H2,1H3/t5-/m0/s1. The van der Waals surface area contributed by atoms with Crippen LogP contribution in [0.1, 0.15) is 22.1 Å². The first-order chi connectivity index (χ1) is 7.95. The second-order valence-corrected chi connectivity index (χ2v) is 6.18. The zero-order valence-electron chi connectivity index (χ0n) is 9.03. The number of thiophene rings is 1. The maximum Gasteiger partial charge on any atom is 0.418 e. The van der Waals surface area contributed by atoms with Crippen molar-refractivity contribution in [2.45, 2.75) is 18.7 Å². The highest BCUT2D eigenvalue weighted by Gasteiger charge is 2.42. The average Bonchev–Trinajstić information content (AvgIpc) is 2.54. The molecule has 0 saturated carbocycles. The van der Waals surface area contributed by atoms with E-state index >= 15 is 0 Å². The van der Waals surface area contributed by atoms with Crippen molar-refractivity contribution < 1.29 is 17.9 Å². The molecule has 2 nitrogen and oxygen atoms in total. The van der Waals surface area contributed by atoms with E-state index in [9.17, 15) is 13.2 Å². The van der Waals surface area contributed by atoms with E-state index in [-0.39, 0.29) is 3.79 Å². The van der Waals surface area contributed by atoms with Crippen LogP contribution in [0.3, 0.4) is 0 Å². The van der Waals surface area contributed by atoms with E-state index in [0.29, 0.717) is 25.1 Å². The highest BCUT2D eigenvalue weighted by atomic mass is 79.9. The van der Waals surface area contributed by atoms with Gasteiger partial charge in [0.05, 0.1) is 22.1 Å². The molecule has 2 heterocycles. The maximum absolute atomic E-state index is 13.0. The summed E-state index contributed by atoms with van der Waals surface area (Å²) in [5.41, 5.74) is -0.271. The van der Waals surface area contributed by atoms with E-state index in [2.05, 4.69) is 21.2 Å². The number of nitrogens with one attached hydrogen (secondary N) is 1. The molecule has 0 spiro atoms. The fraction of sp³-hybridized carbons (Fsp3) is 0.600. The lowest BCUT2D eigenvalue weighted by Crippen LogP contribution is -2.26. The third kappa shape index (κ3) is 2.52. The highest BCUT2D eigenvalue weighted by Crippen LogP contribution is 2.48. The van der Waals surface area contributed by atoms with Crippen molar-refractivity contribution in [2.24, 2.45) is 0 Å². The van der Waals surface area contributed by atoms with Crippen LogP contribution in [0.15, 0.2) is 3.79 Å². The van der Waals surface area contributed by atoms with Gasteiger partial charge in [0, 0.05) is 23.4 Å². The lowest BCUT2D eigenvalue weighted by molar-refractivity contribution is -0.140. The van der Waals surface area contributed by atoms with Crippen LogP contribution in [0.4, 0.5) is 13.2 Å². The molecule has 0 amide bonds. The number of halogens is 4. The molecule has 0 radical (unpaired) electrons. The fourth-order valence-corrected chi connectivity index (χ4v) is 4.07. The quantitative estimate of drug-likeness (QED) is 0.898. The third-order valence-electron chi connectivity index (χ3n) is 2.62. The molecule has 0 saturated heterocycles. The predicted molar refractivity (Wildman–Crippen MR) is 63.3 cm³/mol. The van der Waals surface area contributed by atoms with Gasteiger partial charge in [-0.05, 0) is 23.0 Å². The Hall–Kier alpha value is -0.110. The van der Waals surface area contributed by atoms with Crippen molar-refractivity contribution in [1.82, 2.24) is 5.32 Å². The third-order valence-corrected chi connectivity index (χ3v) is 4.56. The minimum atomic E-state index is -4.34. The van der Waals surface area contributed by atoms with Crippen molar-refractivity contribution in [3.05, 3.63) is 19.8 Å². The molecule has 1 aliphatic rings. The molecule has 0 bridgehead atoms. The molecule has 1 aromatic rings. The Morgan fingerprint density at radius 1 is 1.53 bits per heavy atom. The number of hydrogen-bond donors (Lipinski definition) is 1. The summed E-state index contributed by atoms with van der Waals surface area (Å²) in [4.78, 5) is 0.774. The second-order valence-electron chi connectivity index (χ2n) is 3.75. The largest absolute Gasteiger partial charge is 0.418 e. The SMILES string of the molecule is CNC[C@@H]1OCCc2sc(Br)c(C(F)(F)F)c21. The Labute approximate surface area is 109 Å². The van der Waals surface area contributed by atoms with Gasteiger partial charge in [-0.25, -0.2) is 0 Å². The molecular formula is C10H11BrF3NOS. The van der Waals surface area contributed by atoms with Gasteiger partial charge in [-0.1, -0.05) is 0 Å². The first-order valence-corrected chi connectivity index (χ1v) is 6.70. The first-order valence-electron chi connectivity index (χ1n) is 5.09. The normalized spacial score (nSPS) is 20.4. The zero-order valence-corrected chi connectivity index (χ0v) is 11.4. The molecule has 2 rings (SSSR count). The van der Waals surface area contributed by atoms with Crippen LogP contribution < -0.4 is 5.32 Å². The van der Waals surface area contributed by atoms with Crippen LogP contribution in [-0.2, 0) is 17.3 Å². The molecular weight excluding hydrogens is 319 g/mol. The molecule has 7 heteroatoms. The number of alkyl halides is 3. The van der Waals surface area contributed by atoms with Crippen LogP contribution >= 0.6 is 27.3 Å². The van der Waals surface area contributed by atoms with Crippen LogP contribution in [0.2, 0.25) is 0 Å². The van der Waals surface area contributed by atoms with Crippen LogP contribution in [0.5, 0.6) is 0 Å². The molecule has 0 aromatic carbocycles. The lowest BCUT2D eigenvalue weighted by atomic mass is 10.0. The van der Waals surface area contributed by atoms with E-state index < -0.39 is 17.8 Å². The van der Waals surface area contributed by atoms with Gasteiger partial charge in [0.2, 0.25) is 0 Å². The van der Waals surface area contributed by atoms with E-state index in [1.807, 2.05) is 0 Å². The minimum absolute atomic E-state index is 0.154. The summed E-state index contributed by atoms with van der Waals surface area (Å²) in [7, 11) is 1.70. The van der Waals surface area contributed by atoms with Crippen LogP contribution in [-0.4, -0.2) is 20.2 Å². The molecule has 0 aliphatic carbocycles. The Morgan fingerprint density at radius 3 is 2.82 bits per heavy atom. The van der Waals surface area contributed by atoms with Crippen molar-refractivity contribution in [3.8, 4) is 0 Å². The van der Waals surface area contributed by atoms with Crippen molar-refractivity contribution >= 4 is 27.3 Å². The fourth-order valence-electron chi connectivity index (χ4n) is 1.97. The van der Waals surface area contributed by atoms with Crippen molar-refractivity contribution in [3.63, 3.8) is 0 Å². The van der Waals surface area contributed by atoms with Crippen molar-refractivity contribution in [2.75, 3.05) is 20.2 Å². The molecule has 96 valence electrons. The van der Waals surface area contributed by atoms with Gasteiger partial charge in [-0.2, -0.15) is 13.2 Å². The molecule has 0 fully saturated rings. The van der Waals surface area contributed by atoms with E-state index in [0.717, 1.165) is 16.2 Å². The summed E-state index contributed by atoms with van der Waals surface area (Å²) in [5, 5.41) is 2.86. The Balaban J connectivity index is 2.50. The number of fused-ring (bicyclic) bond motifs is 1. The second kappa shape index (κ2) is 4.87. The number of hydrogen-bond acceptors (Lipinski definition) is 3. The summed E-state index contributed by atoms with van der Waals surface area (Å²) < 4.78 is 44.5. The van der Waals surface area contributed by atoms with Crippen LogP contribution in [0.25, 0.3) is 0 Å². The zero-order chi connectivity index (χ0) is 12.6. The van der Waals surface area contributed by atoms with Gasteiger partial charge in [0.25, 0.3) is 0 Å². The predicted octanol–water partition coefficient (Wildman–Crippen LogP) is 3.36. The Bertz CT molecular complexity index is 418. The molecule has 0 unspecified atom stereocenters. The Kier molecular flexibility index (Phi) is 3.82. The highest BCUT2D eigenvalue weighted by molar-refractivity contribution is 9.11. The molecule has 17 heavy (non-hydrogen) atoms. The lowest BCUT2D eigenvalue weighted by Gasteiger charge is -2.25. The monoisotopic (exact) mass is 329 g/mol. The summed E-state index contributed by atoms with van der Waals surface area (Å²) in [5.74, 6) is 0. The number of ether oxygens (including phenoxy) is 1. The van der Waals surface area contributed by atoms with Gasteiger partial charge in [-0.15, -0.1) is 11.3 Å². The minimum Gasteiger partial charge on any atom is -0.372 e. The summed E-state index contributed by atoms with van der Waals surface area (Å²) in [6, 6.07) is 0. The Morgan fingerprint density at radius 2 is 2.24 bits per heavy atom. The number of rotatable bonds is 2. The summed E-state index contributed by atoms with van der Waals surface area (Å²) in [6.07, 6.45) is -4.30. The van der Waals surface area contributed by atoms with E-state index in [1.54, 1.807) is 7.05 Å². The summed E-state index contributed by atoms with van der Waals surface area (Å²) in [6.45, 7) is 0.864. The maximum atomic E-state index is 13.0. The van der Waals surface area contributed by atoms with Gasteiger partial charge in [0.15, 0.2) is 0 Å².